The Labute approximate surface area is 219 Å². The Hall–Kier alpha value is -3.06. The second kappa shape index (κ2) is 12.2. The van der Waals surface area contributed by atoms with Gasteiger partial charge in [0, 0.05) is 22.6 Å². The lowest BCUT2D eigenvalue weighted by molar-refractivity contribution is -0.00181. The summed E-state index contributed by atoms with van der Waals surface area (Å²) in [5, 5.41) is 0. The maximum atomic E-state index is 15.1. The van der Waals surface area contributed by atoms with E-state index >= 15 is 13.2 Å². The van der Waals surface area contributed by atoms with E-state index in [9.17, 15) is 13.2 Å². The molecule has 1 aliphatic rings. The molecule has 2 atom stereocenters. The van der Waals surface area contributed by atoms with E-state index in [-0.39, 0.29) is 59.3 Å². The standard InChI is InChI=1S/C31H30F6O/c1-3-5-18-7-8-19(27(33)26(18)32)9-10-20-12-14-24(30(36)28(20)34)25-16-15-23(29(35)31(25)37)21-11-13-22(6-4-2)38-17-21/h3,5,7-8,12,14-16,21-22H,4,6,9-11,13,17H2,1-2H3. The smallest absolute Gasteiger partial charge is 0.167 e. The van der Waals surface area contributed by atoms with Crippen molar-refractivity contribution < 1.29 is 31.1 Å². The number of halogens is 6. The summed E-state index contributed by atoms with van der Waals surface area (Å²) in [5.41, 5.74) is -0.605. The molecule has 0 radical (unpaired) electrons. The highest BCUT2D eigenvalue weighted by molar-refractivity contribution is 5.66. The van der Waals surface area contributed by atoms with Gasteiger partial charge in [-0.2, -0.15) is 0 Å². The first-order valence-electron chi connectivity index (χ1n) is 12.9. The van der Waals surface area contributed by atoms with Crippen LogP contribution in [0.25, 0.3) is 17.2 Å². The van der Waals surface area contributed by atoms with Crippen LogP contribution in [0.4, 0.5) is 26.3 Å². The molecule has 0 bridgehead atoms. The van der Waals surface area contributed by atoms with Gasteiger partial charge in [0.1, 0.15) is 0 Å². The number of hydrogen-bond donors (Lipinski definition) is 0. The fraction of sp³-hybridized carbons (Fsp3) is 0.355. The minimum atomic E-state index is -1.33. The first-order valence-corrected chi connectivity index (χ1v) is 12.9. The van der Waals surface area contributed by atoms with E-state index in [4.69, 9.17) is 4.74 Å². The maximum absolute atomic E-state index is 15.1. The molecule has 0 amide bonds. The van der Waals surface area contributed by atoms with Crippen LogP contribution < -0.4 is 0 Å². The van der Waals surface area contributed by atoms with Crippen molar-refractivity contribution in [2.75, 3.05) is 6.61 Å². The molecule has 38 heavy (non-hydrogen) atoms. The monoisotopic (exact) mass is 532 g/mol. The second-order valence-corrected chi connectivity index (χ2v) is 9.69. The molecule has 0 aliphatic carbocycles. The number of ether oxygens (including phenoxy) is 1. The fourth-order valence-electron chi connectivity index (χ4n) is 5.05. The van der Waals surface area contributed by atoms with Gasteiger partial charge in [-0.1, -0.05) is 61.9 Å². The largest absolute Gasteiger partial charge is 0.378 e. The van der Waals surface area contributed by atoms with Crippen molar-refractivity contribution in [1.82, 2.24) is 0 Å². The Morgan fingerprint density at radius 2 is 1.34 bits per heavy atom. The van der Waals surface area contributed by atoms with Crippen LogP contribution in [0.3, 0.4) is 0 Å². The zero-order valence-electron chi connectivity index (χ0n) is 21.4. The predicted octanol–water partition coefficient (Wildman–Crippen LogP) is 9.07. The van der Waals surface area contributed by atoms with E-state index < -0.39 is 40.5 Å². The highest BCUT2D eigenvalue weighted by atomic mass is 19.2. The Kier molecular flexibility index (Phi) is 8.98. The Balaban J connectivity index is 1.53. The highest BCUT2D eigenvalue weighted by Crippen LogP contribution is 2.36. The maximum Gasteiger partial charge on any atom is 0.167 e. The van der Waals surface area contributed by atoms with E-state index in [1.54, 1.807) is 13.0 Å². The van der Waals surface area contributed by atoms with E-state index in [0.29, 0.717) is 6.42 Å². The van der Waals surface area contributed by atoms with Crippen molar-refractivity contribution in [3.63, 3.8) is 0 Å². The van der Waals surface area contributed by atoms with Crippen LogP contribution in [0, 0.1) is 34.9 Å². The van der Waals surface area contributed by atoms with Crippen LogP contribution >= 0.6 is 0 Å². The molecule has 3 aromatic rings. The summed E-state index contributed by atoms with van der Waals surface area (Å²) in [5.74, 6) is -7.26. The molecule has 1 aliphatic heterocycles. The van der Waals surface area contributed by atoms with Gasteiger partial charge in [-0.25, -0.2) is 26.3 Å². The molecule has 2 unspecified atom stereocenters. The van der Waals surface area contributed by atoms with Crippen molar-refractivity contribution in [3.8, 4) is 11.1 Å². The first kappa shape index (κ1) is 28.0. The van der Waals surface area contributed by atoms with Gasteiger partial charge in [0.15, 0.2) is 34.9 Å². The van der Waals surface area contributed by atoms with Crippen LogP contribution in [0.2, 0.25) is 0 Å². The molecule has 0 N–H and O–H groups in total. The zero-order chi connectivity index (χ0) is 27.4. The number of aryl methyl sites for hydroxylation is 2. The average molecular weight is 533 g/mol. The molecule has 1 saturated heterocycles. The fourth-order valence-corrected chi connectivity index (χ4v) is 5.05. The zero-order valence-corrected chi connectivity index (χ0v) is 21.4. The summed E-state index contributed by atoms with van der Waals surface area (Å²) in [6.45, 7) is 4.01. The third-order valence-corrected chi connectivity index (χ3v) is 7.19. The van der Waals surface area contributed by atoms with Gasteiger partial charge in [-0.15, -0.1) is 0 Å². The summed E-state index contributed by atoms with van der Waals surface area (Å²) in [6.07, 6.45) is 6.23. The van der Waals surface area contributed by atoms with E-state index in [1.165, 1.54) is 42.5 Å². The van der Waals surface area contributed by atoms with Gasteiger partial charge in [0.05, 0.1) is 12.7 Å². The quantitative estimate of drug-likeness (QED) is 0.263. The van der Waals surface area contributed by atoms with Crippen LogP contribution in [-0.2, 0) is 17.6 Å². The van der Waals surface area contributed by atoms with E-state index in [1.807, 2.05) is 0 Å². The minimum absolute atomic E-state index is 0.0241. The van der Waals surface area contributed by atoms with Crippen molar-refractivity contribution >= 4 is 6.08 Å². The van der Waals surface area contributed by atoms with Gasteiger partial charge in [-0.05, 0) is 55.7 Å². The van der Waals surface area contributed by atoms with Crippen molar-refractivity contribution in [1.29, 1.82) is 0 Å². The highest BCUT2D eigenvalue weighted by Gasteiger charge is 2.28. The molecule has 3 aromatic carbocycles. The molecule has 1 fully saturated rings. The molecule has 0 saturated carbocycles. The van der Waals surface area contributed by atoms with Crippen molar-refractivity contribution in [2.24, 2.45) is 0 Å². The molecule has 0 spiro atoms. The van der Waals surface area contributed by atoms with Gasteiger partial charge in [-0.3, -0.25) is 0 Å². The Bertz CT molecular complexity index is 1320. The molecular formula is C31H30F6O. The number of benzene rings is 3. The Morgan fingerprint density at radius 3 is 1.95 bits per heavy atom. The number of hydrogen-bond acceptors (Lipinski definition) is 1. The first-order chi connectivity index (χ1) is 18.3. The summed E-state index contributed by atoms with van der Waals surface area (Å²) >= 11 is 0. The summed E-state index contributed by atoms with van der Waals surface area (Å²) in [7, 11) is 0. The molecular weight excluding hydrogens is 502 g/mol. The number of rotatable bonds is 8. The van der Waals surface area contributed by atoms with E-state index in [0.717, 1.165) is 19.3 Å². The Morgan fingerprint density at radius 1 is 0.737 bits per heavy atom. The van der Waals surface area contributed by atoms with Gasteiger partial charge >= 0.3 is 0 Å². The van der Waals surface area contributed by atoms with Crippen molar-refractivity contribution in [3.05, 3.63) is 99.6 Å². The molecule has 1 nitrogen and oxygen atoms in total. The summed E-state index contributed by atoms with van der Waals surface area (Å²) < 4.78 is 94.4. The third kappa shape index (κ3) is 5.68. The molecule has 0 aromatic heterocycles. The topological polar surface area (TPSA) is 9.23 Å². The lowest BCUT2D eigenvalue weighted by Crippen LogP contribution is -2.25. The number of allylic oxidation sites excluding steroid dienone is 1. The summed E-state index contributed by atoms with van der Waals surface area (Å²) in [6, 6.07) is 7.91. The third-order valence-electron chi connectivity index (χ3n) is 7.19. The predicted molar refractivity (Wildman–Crippen MR) is 137 cm³/mol. The van der Waals surface area contributed by atoms with Crippen LogP contribution in [0.1, 0.15) is 67.7 Å². The van der Waals surface area contributed by atoms with Crippen LogP contribution in [-0.4, -0.2) is 12.7 Å². The molecule has 1 heterocycles. The minimum Gasteiger partial charge on any atom is -0.378 e. The average Bonchev–Trinajstić information content (AvgIpc) is 2.91. The van der Waals surface area contributed by atoms with Crippen LogP contribution in [0.15, 0.2) is 42.5 Å². The lowest BCUT2D eigenvalue weighted by atomic mass is 9.88. The lowest BCUT2D eigenvalue weighted by Gasteiger charge is -2.29. The van der Waals surface area contributed by atoms with E-state index in [2.05, 4.69) is 6.92 Å². The molecule has 202 valence electrons. The van der Waals surface area contributed by atoms with Gasteiger partial charge in [0.2, 0.25) is 0 Å². The SMILES string of the molecule is CC=Cc1ccc(CCc2ccc(-c3ccc(C4CCC(CCC)OC4)c(F)c3F)c(F)c2F)c(F)c1F. The second-order valence-electron chi connectivity index (χ2n) is 9.69. The summed E-state index contributed by atoms with van der Waals surface area (Å²) in [4.78, 5) is 0. The van der Waals surface area contributed by atoms with Crippen LogP contribution in [0.5, 0.6) is 0 Å². The normalized spacial score (nSPS) is 17.9. The van der Waals surface area contributed by atoms with Gasteiger partial charge < -0.3 is 4.74 Å². The molecule has 7 heteroatoms. The van der Waals surface area contributed by atoms with Crippen molar-refractivity contribution in [2.45, 2.75) is 64.4 Å². The molecule has 4 rings (SSSR count). The van der Waals surface area contributed by atoms with Gasteiger partial charge in [0.25, 0.3) is 0 Å².